The van der Waals surface area contributed by atoms with E-state index < -0.39 is 0 Å². The van der Waals surface area contributed by atoms with Gasteiger partial charge in [0.2, 0.25) is 0 Å². The highest BCUT2D eigenvalue weighted by molar-refractivity contribution is 5.98. The number of ether oxygens (including phenoxy) is 1. The van der Waals surface area contributed by atoms with Gasteiger partial charge in [-0.15, -0.1) is 0 Å². The van der Waals surface area contributed by atoms with Gasteiger partial charge in [-0.1, -0.05) is 0 Å². The average molecular weight is 231 g/mol. The van der Waals surface area contributed by atoms with Crippen LogP contribution in [0, 0.1) is 5.92 Å². The van der Waals surface area contributed by atoms with Gasteiger partial charge in [0.25, 0.3) is 0 Å². The minimum absolute atomic E-state index is 0.183. The zero-order chi connectivity index (χ0) is 11.8. The quantitative estimate of drug-likeness (QED) is 0.809. The zero-order valence-corrected chi connectivity index (χ0v) is 9.98. The fourth-order valence-electron chi connectivity index (χ4n) is 3.08. The summed E-state index contributed by atoms with van der Waals surface area (Å²) in [6, 6.07) is 8.43. The van der Waals surface area contributed by atoms with Crippen molar-refractivity contribution in [3.05, 3.63) is 29.8 Å². The van der Waals surface area contributed by atoms with E-state index in [-0.39, 0.29) is 11.7 Å². The first kappa shape index (κ1) is 10.8. The lowest BCUT2D eigenvalue weighted by molar-refractivity contribution is 0.0901. The second kappa shape index (κ2) is 4.15. The second-order valence-electron chi connectivity index (χ2n) is 4.98. The molecule has 3 rings (SSSR count). The molecule has 2 aliphatic rings. The van der Waals surface area contributed by atoms with Crippen LogP contribution in [0.5, 0.6) is 5.75 Å². The summed E-state index contributed by atoms with van der Waals surface area (Å²) in [5.74, 6) is 1.27. The average Bonchev–Trinajstić information content (AvgIpc) is 3.00. The number of carbonyl (C=O) groups is 1. The van der Waals surface area contributed by atoms with Crippen LogP contribution in [0.1, 0.15) is 29.6 Å². The largest absolute Gasteiger partial charge is 0.497 e. The molecule has 0 aromatic heterocycles. The summed E-state index contributed by atoms with van der Waals surface area (Å²) in [7, 11) is 1.64. The molecule has 0 spiro atoms. The smallest absolute Gasteiger partial charge is 0.167 e. The molecule has 17 heavy (non-hydrogen) atoms. The molecular formula is C14H17NO2. The molecule has 2 bridgehead atoms. The summed E-state index contributed by atoms with van der Waals surface area (Å²) >= 11 is 0. The number of carbonyl (C=O) groups excluding carboxylic acids is 1. The van der Waals surface area contributed by atoms with E-state index in [2.05, 4.69) is 5.32 Å². The molecule has 90 valence electrons. The van der Waals surface area contributed by atoms with E-state index in [4.69, 9.17) is 4.74 Å². The summed E-state index contributed by atoms with van der Waals surface area (Å²) in [5, 5.41) is 3.51. The summed E-state index contributed by atoms with van der Waals surface area (Å²) in [5.41, 5.74) is 0.810. The van der Waals surface area contributed by atoms with Crippen LogP contribution in [0.3, 0.4) is 0 Å². The Hall–Kier alpha value is -1.35. The standard InChI is InChI=1S/C14H17NO2/c1-17-11-5-2-9(3-6-11)14(16)12-8-10-4-7-13(12)15-10/h2-3,5-6,10,12-13,15H,4,7-8H2,1H3. The minimum atomic E-state index is 0.183. The van der Waals surface area contributed by atoms with Crippen LogP contribution in [-0.2, 0) is 0 Å². The predicted octanol–water partition coefficient (Wildman–Crippen LogP) is 2.02. The number of rotatable bonds is 3. The number of fused-ring (bicyclic) bond motifs is 2. The molecule has 0 saturated carbocycles. The van der Waals surface area contributed by atoms with Crippen molar-refractivity contribution in [1.82, 2.24) is 5.32 Å². The van der Waals surface area contributed by atoms with Crippen molar-refractivity contribution in [3.63, 3.8) is 0 Å². The van der Waals surface area contributed by atoms with E-state index in [9.17, 15) is 4.79 Å². The molecule has 1 aromatic carbocycles. The molecule has 2 aliphatic heterocycles. The van der Waals surface area contributed by atoms with Crippen LogP contribution in [-0.4, -0.2) is 25.0 Å². The normalized spacial score (nSPS) is 30.5. The van der Waals surface area contributed by atoms with E-state index >= 15 is 0 Å². The zero-order valence-electron chi connectivity index (χ0n) is 9.98. The Morgan fingerprint density at radius 3 is 2.59 bits per heavy atom. The lowest BCUT2D eigenvalue weighted by Gasteiger charge is -2.18. The maximum atomic E-state index is 12.4. The minimum Gasteiger partial charge on any atom is -0.497 e. The van der Waals surface area contributed by atoms with Crippen LogP contribution in [0.4, 0.5) is 0 Å². The van der Waals surface area contributed by atoms with Crippen LogP contribution >= 0.6 is 0 Å². The number of benzene rings is 1. The summed E-state index contributed by atoms with van der Waals surface area (Å²) < 4.78 is 5.10. The molecule has 2 saturated heterocycles. The number of Topliss-reactive ketones (excluding diaryl/α,β-unsaturated/α-hetero) is 1. The molecule has 0 aliphatic carbocycles. The van der Waals surface area contributed by atoms with Crippen LogP contribution < -0.4 is 10.1 Å². The highest BCUT2D eigenvalue weighted by atomic mass is 16.5. The van der Waals surface area contributed by atoms with Gasteiger partial charge in [0, 0.05) is 23.6 Å². The fraction of sp³-hybridized carbons (Fsp3) is 0.500. The maximum absolute atomic E-state index is 12.4. The van der Waals surface area contributed by atoms with Gasteiger partial charge in [-0.25, -0.2) is 0 Å². The van der Waals surface area contributed by atoms with E-state index in [0.29, 0.717) is 12.1 Å². The molecule has 3 nitrogen and oxygen atoms in total. The van der Waals surface area contributed by atoms with Crippen molar-refractivity contribution in [1.29, 1.82) is 0 Å². The Morgan fingerprint density at radius 1 is 1.29 bits per heavy atom. The van der Waals surface area contributed by atoms with E-state index in [1.807, 2.05) is 24.3 Å². The van der Waals surface area contributed by atoms with Gasteiger partial charge in [0.15, 0.2) is 5.78 Å². The third kappa shape index (κ3) is 1.84. The number of nitrogens with one attached hydrogen (secondary N) is 1. The Balaban J connectivity index is 1.77. The first-order chi connectivity index (χ1) is 8.28. The molecule has 2 heterocycles. The van der Waals surface area contributed by atoms with Gasteiger partial charge in [-0.3, -0.25) is 4.79 Å². The van der Waals surface area contributed by atoms with Gasteiger partial charge in [0.05, 0.1) is 7.11 Å². The Morgan fingerprint density at radius 2 is 2.06 bits per heavy atom. The van der Waals surface area contributed by atoms with Crippen LogP contribution in [0.15, 0.2) is 24.3 Å². The van der Waals surface area contributed by atoms with Crippen molar-refractivity contribution < 1.29 is 9.53 Å². The molecule has 3 atom stereocenters. The molecule has 1 N–H and O–H groups in total. The number of ketones is 1. The van der Waals surface area contributed by atoms with Gasteiger partial charge in [-0.05, 0) is 43.5 Å². The molecule has 1 aromatic rings. The van der Waals surface area contributed by atoms with Crippen LogP contribution in [0.2, 0.25) is 0 Å². The lowest BCUT2D eigenvalue weighted by atomic mass is 9.84. The molecule has 2 fully saturated rings. The molecular weight excluding hydrogens is 214 g/mol. The van der Waals surface area contributed by atoms with E-state index in [0.717, 1.165) is 24.2 Å². The maximum Gasteiger partial charge on any atom is 0.167 e. The van der Waals surface area contributed by atoms with Crippen molar-refractivity contribution in [2.75, 3.05) is 7.11 Å². The van der Waals surface area contributed by atoms with Crippen molar-refractivity contribution in [2.45, 2.75) is 31.3 Å². The van der Waals surface area contributed by atoms with Crippen molar-refractivity contribution >= 4 is 5.78 Å². The summed E-state index contributed by atoms with van der Waals surface area (Å²) in [6.45, 7) is 0. The predicted molar refractivity (Wildman–Crippen MR) is 65.4 cm³/mol. The number of methoxy groups -OCH3 is 1. The highest BCUT2D eigenvalue weighted by Gasteiger charge is 2.42. The summed E-state index contributed by atoms with van der Waals surface area (Å²) in [6.07, 6.45) is 3.39. The van der Waals surface area contributed by atoms with Gasteiger partial charge >= 0.3 is 0 Å². The first-order valence-electron chi connectivity index (χ1n) is 6.22. The Kier molecular flexibility index (Phi) is 2.63. The topological polar surface area (TPSA) is 38.3 Å². The Bertz CT molecular complexity index is 426. The highest BCUT2D eigenvalue weighted by Crippen LogP contribution is 2.35. The fourth-order valence-corrected chi connectivity index (χ4v) is 3.08. The van der Waals surface area contributed by atoms with Gasteiger partial charge in [-0.2, -0.15) is 0 Å². The van der Waals surface area contributed by atoms with E-state index in [1.54, 1.807) is 7.11 Å². The van der Waals surface area contributed by atoms with Gasteiger partial charge in [0.1, 0.15) is 5.75 Å². The second-order valence-corrected chi connectivity index (χ2v) is 4.98. The molecule has 3 unspecified atom stereocenters. The third-order valence-corrected chi connectivity index (χ3v) is 4.01. The van der Waals surface area contributed by atoms with Gasteiger partial charge < -0.3 is 10.1 Å². The number of hydrogen-bond acceptors (Lipinski definition) is 3. The van der Waals surface area contributed by atoms with E-state index in [1.165, 1.54) is 6.42 Å². The molecule has 0 amide bonds. The number of hydrogen-bond donors (Lipinski definition) is 1. The Labute approximate surface area is 101 Å². The third-order valence-electron chi connectivity index (χ3n) is 4.01. The molecule has 3 heteroatoms. The lowest BCUT2D eigenvalue weighted by Crippen LogP contribution is -2.28. The SMILES string of the molecule is COc1ccc(C(=O)C2CC3CCC2N3)cc1. The van der Waals surface area contributed by atoms with Crippen molar-refractivity contribution in [2.24, 2.45) is 5.92 Å². The molecule has 0 radical (unpaired) electrons. The van der Waals surface area contributed by atoms with Crippen molar-refractivity contribution in [3.8, 4) is 5.75 Å². The summed E-state index contributed by atoms with van der Waals surface area (Å²) in [4.78, 5) is 12.4. The monoisotopic (exact) mass is 231 g/mol. The van der Waals surface area contributed by atoms with Crippen LogP contribution in [0.25, 0.3) is 0 Å². The first-order valence-corrected chi connectivity index (χ1v) is 6.22.